The summed E-state index contributed by atoms with van der Waals surface area (Å²) in [5, 5.41) is 3.60. The summed E-state index contributed by atoms with van der Waals surface area (Å²) in [6, 6.07) is 0.780. The van der Waals surface area contributed by atoms with Gasteiger partial charge in [-0.1, -0.05) is 19.8 Å². The van der Waals surface area contributed by atoms with Crippen LogP contribution in [-0.4, -0.2) is 62.7 Å². The lowest BCUT2D eigenvalue weighted by Gasteiger charge is -2.34. The predicted octanol–water partition coefficient (Wildman–Crippen LogP) is 1.79. The highest BCUT2D eigenvalue weighted by atomic mass is 15.2. The molecular weight excluding hydrogens is 222 g/mol. The van der Waals surface area contributed by atoms with Crippen molar-refractivity contribution in [3.8, 4) is 0 Å². The average molecular weight is 253 g/mol. The first-order chi connectivity index (χ1) is 8.65. The minimum Gasteiger partial charge on any atom is -0.316 e. The molecule has 106 valence electrons. The van der Waals surface area contributed by atoms with E-state index in [9.17, 15) is 0 Å². The topological polar surface area (TPSA) is 18.5 Å². The highest BCUT2D eigenvalue weighted by Gasteiger charge is 2.37. The zero-order chi connectivity index (χ0) is 13.0. The van der Waals surface area contributed by atoms with Gasteiger partial charge in [-0.05, 0) is 51.9 Å². The summed E-state index contributed by atoms with van der Waals surface area (Å²) in [6.45, 7) is 8.47. The fourth-order valence-corrected chi connectivity index (χ4v) is 3.76. The van der Waals surface area contributed by atoms with Crippen molar-refractivity contribution in [3.63, 3.8) is 0 Å². The summed E-state index contributed by atoms with van der Waals surface area (Å²) < 4.78 is 0. The molecule has 1 unspecified atom stereocenters. The molecule has 3 nitrogen and oxygen atoms in total. The average Bonchev–Trinajstić information content (AvgIpc) is 2.97. The third-order valence-corrected chi connectivity index (χ3v) is 4.95. The second-order valence-electron chi connectivity index (χ2n) is 6.63. The largest absolute Gasteiger partial charge is 0.316 e. The molecule has 1 heterocycles. The van der Waals surface area contributed by atoms with Crippen LogP contribution in [0.3, 0.4) is 0 Å². The van der Waals surface area contributed by atoms with Crippen molar-refractivity contribution < 1.29 is 0 Å². The second kappa shape index (κ2) is 6.36. The number of rotatable bonds is 6. The Hall–Kier alpha value is -0.120. The molecule has 2 fully saturated rings. The van der Waals surface area contributed by atoms with Gasteiger partial charge in [-0.15, -0.1) is 0 Å². The molecule has 2 rings (SSSR count). The molecule has 1 aliphatic carbocycles. The standard InChI is InChI=1S/C15H31N3/c1-4-16-12-15(8-5-6-9-15)13-18-10-7-14(11-18)17(2)3/h14,16H,4-13H2,1-3H3. The highest BCUT2D eigenvalue weighted by Crippen LogP contribution is 2.39. The van der Waals surface area contributed by atoms with E-state index in [0.29, 0.717) is 5.41 Å². The van der Waals surface area contributed by atoms with E-state index < -0.39 is 0 Å². The molecule has 0 radical (unpaired) electrons. The molecule has 0 spiro atoms. The smallest absolute Gasteiger partial charge is 0.0229 e. The molecule has 0 aromatic carbocycles. The molecule has 1 saturated carbocycles. The number of nitrogens with zero attached hydrogens (tertiary/aromatic N) is 2. The molecule has 0 bridgehead atoms. The molecule has 3 heteroatoms. The van der Waals surface area contributed by atoms with Gasteiger partial charge in [0.2, 0.25) is 0 Å². The van der Waals surface area contributed by atoms with Crippen LogP contribution in [0.25, 0.3) is 0 Å². The van der Waals surface area contributed by atoms with Gasteiger partial charge in [0.1, 0.15) is 0 Å². The quantitative estimate of drug-likeness (QED) is 0.778. The van der Waals surface area contributed by atoms with Crippen LogP contribution < -0.4 is 5.32 Å². The Bertz CT molecular complexity index is 246. The lowest BCUT2D eigenvalue weighted by atomic mass is 9.85. The number of hydrogen-bond acceptors (Lipinski definition) is 3. The number of nitrogens with one attached hydrogen (secondary N) is 1. The van der Waals surface area contributed by atoms with Crippen molar-refractivity contribution in [1.29, 1.82) is 0 Å². The molecule has 0 aromatic rings. The van der Waals surface area contributed by atoms with Crippen LogP contribution in [0, 0.1) is 5.41 Å². The van der Waals surface area contributed by atoms with Crippen molar-refractivity contribution in [2.75, 3.05) is 46.8 Å². The van der Waals surface area contributed by atoms with E-state index in [1.54, 1.807) is 0 Å². The second-order valence-corrected chi connectivity index (χ2v) is 6.63. The van der Waals surface area contributed by atoms with Crippen molar-refractivity contribution in [3.05, 3.63) is 0 Å². The molecule has 2 aliphatic rings. The van der Waals surface area contributed by atoms with Gasteiger partial charge >= 0.3 is 0 Å². The monoisotopic (exact) mass is 253 g/mol. The van der Waals surface area contributed by atoms with Crippen molar-refractivity contribution in [1.82, 2.24) is 15.1 Å². The van der Waals surface area contributed by atoms with Crippen LogP contribution >= 0.6 is 0 Å². The van der Waals surface area contributed by atoms with Gasteiger partial charge in [0.05, 0.1) is 0 Å². The van der Waals surface area contributed by atoms with Gasteiger partial charge in [0, 0.05) is 25.7 Å². The zero-order valence-electron chi connectivity index (χ0n) is 12.5. The van der Waals surface area contributed by atoms with Gasteiger partial charge in [0.25, 0.3) is 0 Å². The molecule has 0 aromatic heterocycles. The minimum absolute atomic E-state index is 0.581. The van der Waals surface area contributed by atoms with E-state index in [-0.39, 0.29) is 0 Å². The maximum absolute atomic E-state index is 3.60. The van der Waals surface area contributed by atoms with Gasteiger partial charge < -0.3 is 15.1 Å². The van der Waals surface area contributed by atoms with E-state index >= 15 is 0 Å². The number of hydrogen-bond donors (Lipinski definition) is 1. The van der Waals surface area contributed by atoms with Crippen molar-refractivity contribution in [2.45, 2.75) is 45.1 Å². The summed E-state index contributed by atoms with van der Waals surface area (Å²) >= 11 is 0. The molecule has 1 aliphatic heterocycles. The SMILES string of the molecule is CCNCC1(CN2CCC(N(C)C)C2)CCCC1. The van der Waals surface area contributed by atoms with E-state index in [2.05, 4.69) is 36.1 Å². The summed E-state index contributed by atoms with van der Waals surface area (Å²) in [5.74, 6) is 0. The molecule has 1 saturated heterocycles. The first-order valence-electron chi connectivity index (χ1n) is 7.75. The Labute approximate surface area is 113 Å². The Kier molecular flexibility index (Phi) is 5.05. The van der Waals surface area contributed by atoms with Crippen LogP contribution in [0.1, 0.15) is 39.0 Å². The normalized spacial score (nSPS) is 28.3. The molecule has 18 heavy (non-hydrogen) atoms. The van der Waals surface area contributed by atoms with Crippen molar-refractivity contribution >= 4 is 0 Å². The summed E-state index contributed by atoms with van der Waals surface area (Å²) in [5.41, 5.74) is 0.581. The molecule has 0 amide bonds. The lowest BCUT2D eigenvalue weighted by Crippen LogP contribution is -2.43. The van der Waals surface area contributed by atoms with Gasteiger partial charge in [0.15, 0.2) is 0 Å². The fraction of sp³-hybridized carbons (Fsp3) is 1.00. The lowest BCUT2D eigenvalue weighted by molar-refractivity contribution is 0.163. The van der Waals surface area contributed by atoms with Crippen molar-refractivity contribution in [2.24, 2.45) is 5.41 Å². The minimum atomic E-state index is 0.581. The van der Waals surface area contributed by atoms with Crippen LogP contribution in [0.5, 0.6) is 0 Å². The Balaban J connectivity index is 1.86. The van der Waals surface area contributed by atoms with Gasteiger partial charge in [-0.2, -0.15) is 0 Å². The van der Waals surface area contributed by atoms with E-state index in [1.165, 1.54) is 58.3 Å². The number of likely N-dealkylation sites (N-methyl/N-ethyl adjacent to an activating group) is 1. The van der Waals surface area contributed by atoms with Gasteiger partial charge in [-0.3, -0.25) is 0 Å². The Morgan fingerprint density at radius 1 is 1.28 bits per heavy atom. The summed E-state index contributed by atoms with van der Waals surface area (Å²) in [6.07, 6.45) is 7.10. The molecule has 1 N–H and O–H groups in total. The first-order valence-corrected chi connectivity index (χ1v) is 7.75. The first kappa shape index (κ1) is 14.3. The Morgan fingerprint density at radius 3 is 2.56 bits per heavy atom. The van der Waals surface area contributed by atoms with E-state index in [4.69, 9.17) is 0 Å². The van der Waals surface area contributed by atoms with Crippen LogP contribution in [0.15, 0.2) is 0 Å². The number of likely N-dealkylation sites (tertiary alicyclic amines) is 1. The van der Waals surface area contributed by atoms with E-state index in [0.717, 1.165) is 12.6 Å². The predicted molar refractivity (Wildman–Crippen MR) is 78.0 cm³/mol. The van der Waals surface area contributed by atoms with Crippen LogP contribution in [0.4, 0.5) is 0 Å². The van der Waals surface area contributed by atoms with Crippen LogP contribution in [0.2, 0.25) is 0 Å². The van der Waals surface area contributed by atoms with Gasteiger partial charge in [-0.25, -0.2) is 0 Å². The third-order valence-electron chi connectivity index (χ3n) is 4.95. The summed E-state index contributed by atoms with van der Waals surface area (Å²) in [7, 11) is 4.44. The maximum Gasteiger partial charge on any atom is 0.0229 e. The van der Waals surface area contributed by atoms with E-state index in [1.807, 2.05) is 0 Å². The third kappa shape index (κ3) is 3.46. The molecule has 1 atom stereocenters. The fourth-order valence-electron chi connectivity index (χ4n) is 3.76. The Morgan fingerprint density at radius 2 is 2.00 bits per heavy atom. The summed E-state index contributed by atoms with van der Waals surface area (Å²) in [4.78, 5) is 5.11. The maximum atomic E-state index is 3.60. The zero-order valence-corrected chi connectivity index (χ0v) is 12.5. The van der Waals surface area contributed by atoms with Crippen LogP contribution in [-0.2, 0) is 0 Å². The highest BCUT2D eigenvalue weighted by molar-refractivity contribution is 4.92. The molecular formula is C15H31N3.